The molecule has 1 aliphatic heterocycles. The number of aromatic nitrogens is 4. The quantitative estimate of drug-likeness (QED) is 0.774. The Morgan fingerprint density at radius 1 is 1.23 bits per heavy atom. The molecule has 4 rings (SSSR count). The lowest BCUT2D eigenvalue weighted by atomic mass is 9.96. The molecule has 0 atom stereocenters. The van der Waals surface area contributed by atoms with Crippen molar-refractivity contribution in [1.29, 1.82) is 0 Å². The van der Waals surface area contributed by atoms with Gasteiger partial charge in [0.25, 0.3) is 5.91 Å². The number of piperidine rings is 1. The maximum Gasteiger partial charge on any atom is 0.393 e. The third kappa shape index (κ3) is 3.17. The van der Waals surface area contributed by atoms with E-state index in [-0.39, 0.29) is 23.6 Å². The number of benzene rings is 1. The van der Waals surface area contributed by atoms with E-state index in [1.165, 1.54) is 13.4 Å². The molecule has 1 amide bonds. The number of nitrogens with zero attached hydrogens (tertiary/aromatic N) is 4. The Kier molecular flexibility index (Phi) is 4.39. The topological polar surface area (TPSA) is 97.1 Å². The SMILES string of the molecule is COc1nc(C(=O)N2CCC(c3nc(-c4ccccc4)n[nH]3)CC2)co1. The van der Waals surface area contributed by atoms with Crippen LogP contribution in [0.15, 0.2) is 41.0 Å². The number of aromatic amines is 1. The van der Waals surface area contributed by atoms with Gasteiger partial charge in [0, 0.05) is 24.6 Å². The van der Waals surface area contributed by atoms with E-state index < -0.39 is 0 Å². The van der Waals surface area contributed by atoms with Crippen molar-refractivity contribution in [3.63, 3.8) is 0 Å². The number of amides is 1. The normalized spacial score (nSPS) is 15.2. The molecule has 1 aromatic carbocycles. The van der Waals surface area contributed by atoms with Gasteiger partial charge in [-0.05, 0) is 12.8 Å². The van der Waals surface area contributed by atoms with Crippen LogP contribution in [0, 0.1) is 0 Å². The second kappa shape index (κ2) is 6.99. The van der Waals surface area contributed by atoms with Crippen molar-refractivity contribution in [3.8, 4) is 17.5 Å². The number of hydrogen-bond donors (Lipinski definition) is 1. The molecule has 0 spiro atoms. The van der Waals surface area contributed by atoms with Gasteiger partial charge in [0.1, 0.15) is 12.1 Å². The van der Waals surface area contributed by atoms with Crippen LogP contribution in [0.3, 0.4) is 0 Å². The second-order valence-electron chi connectivity index (χ2n) is 6.18. The molecule has 0 saturated carbocycles. The third-order valence-corrected chi connectivity index (χ3v) is 4.58. The van der Waals surface area contributed by atoms with Gasteiger partial charge >= 0.3 is 6.08 Å². The fourth-order valence-electron chi connectivity index (χ4n) is 3.14. The van der Waals surface area contributed by atoms with Crippen molar-refractivity contribution in [3.05, 3.63) is 48.1 Å². The zero-order chi connectivity index (χ0) is 17.9. The molecular weight excluding hydrogens is 334 g/mol. The minimum Gasteiger partial charge on any atom is -0.454 e. The molecule has 0 aliphatic carbocycles. The molecule has 1 aliphatic rings. The predicted octanol–water partition coefficient (Wildman–Crippen LogP) is 2.49. The zero-order valence-corrected chi connectivity index (χ0v) is 14.4. The Balaban J connectivity index is 1.39. The van der Waals surface area contributed by atoms with Crippen molar-refractivity contribution in [1.82, 2.24) is 25.1 Å². The molecule has 8 heteroatoms. The number of rotatable bonds is 4. The maximum atomic E-state index is 12.5. The summed E-state index contributed by atoms with van der Waals surface area (Å²) in [5.74, 6) is 1.70. The van der Waals surface area contributed by atoms with Crippen molar-refractivity contribution in [2.24, 2.45) is 0 Å². The highest BCUT2D eigenvalue weighted by atomic mass is 16.6. The number of ether oxygens (including phenoxy) is 1. The van der Waals surface area contributed by atoms with Gasteiger partial charge in [-0.25, -0.2) is 4.98 Å². The van der Waals surface area contributed by atoms with E-state index in [2.05, 4.69) is 20.2 Å². The number of likely N-dealkylation sites (tertiary alicyclic amines) is 1. The Morgan fingerprint density at radius 3 is 2.69 bits per heavy atom. The van der Waals surface area contributed by atoms with Crippen molar-refractivity contribution < 1.29 is 13.9 Å². The van der Waals surface area contributed by atoms with Crippen LogP contribution in [-0.4, -0.2) is 51.2 Å². The highest BCUT2D eigenvalue weighted by molar-refractivity contribution is 5.92. The van der Waals surface area contributed by atoms with E-state index in [1.54, 1.807) is 4.90 Å². The zero-order valence-electron chi connectivity index (χ0n) is 14.4. The van der Waals surface area contributed by atoms with Crippen LogP contribution >= 0.6 is 0 Å². The highest BCUT2D eigenvalue weighted by Crippen LogP contribution is 2.27. The summed E-state index contributed by atoms with van der Waals surface area (Å²) in [6.07, 6.45) is 3.07. The summed E-state index contributed by atoms with van der Waals surface area (Å²) in [5.41, 5.74) is 1.26. The van der Waals surface area contributed by atoms with Gasteiger partial charge in [-0.3, -0.25) is 9.89 Å². The molecule has 1 N–H and O–H groups in total. The van der Waals surface area contributed by atoms with Gasteiger partial charge in [-0.1, -0.05) is 30.3 Å². The summed E-state index contributed by atoms with van der Waals surface area (Å²) < 4.78 is 9.94. The fraction of sp³-hybridized carbons (Fsp3) is 0.333. The van der Waals surface area contributed by atoms with Crippen LogP contribution in [0.5, 0.6) is 6.08 Å². The highest BCUT2D eigenvalue weighted by Gasteiger charge is 2.28. The van der Waals surface area contributed by atoms with Gasteiger partial charge in [0.2, 0.25) is 0 Å². The van der Waals surface area contributed by atoms with Gasteiger partial charge in [-0.2, -0.15) is 10.1 Å². The van der Waals surface area contributed by atoms with Gasteiger partial charge in [0.05, 0.1) is 7.11 Å². The minimum atomic E-state index is -0.141. The Labute approximate surface area is 150 Å². The van der Waals surface area contributed by atoms with E-state index in [4.69, 9.17) is 9.15 Å². The number of carbonyl (C=O) groups excluding carboxylic acids is 1. The van der Waals surface area contributed by atoms with Crippen LogP contribution in [0.1, 0.15) is 35.1 Å². The lowest BCUT2D eigenvalue weighted by Gasteiger charge is -2.30. The average molecular weight is 353 g/mol. The van der Waals surface area contributed by atoms with Gasteiger partial charge in [0.15, 0.2) is 11.5 Å². The smallest absolute Gasteiger partial charge is 0.393 e. The molecule has 26 heavy (non-hydrogen) atoms. The second-order valence-corrected chi connectivity index (χ2v) is 6.18. The number of methoxy groups -OCH3 is 1. The van der Waals surface area contributed by atoms with E-state index in [0.29, 0.717) is 18.9 Å². The molecule has 8 nitrogen and oxygen atoms in total. The molecule has 0 unspecified atom stereocenters. The van der Waals surface area contributed by atoms with Crippen molar-refractivity contribution in [2.45, 2.75) is 18.8 Å². The summed E-state index contributed by atoms with van der Waals surface area (Å²) >= 11 is 0. The van der Waals surface area contributed by atoms with E-state index >= 15 is 0 Å². The first-order valence-electron chi connectivity index (χ1n) is 8.51. The van der Waals surface area contributed by atoms with E-state index in [9.17, 15) is 4.79 Å². The number of carbonyl (C=O) groups is 1. The average Bonchev–Trinajstić information content (AvgIpc) is 3.38. The lowest BCUT2D eigenvalue weighted by Crippen LogP contribution is -2.38. The van der Waals surface area contributed by atoms with Crippen LogP contribution in [0.4, 0.5) is 0 Å². The number of oxazole rings is 1. The molecule has 1 saturated heterocycles. The summed E-state index contributed by atoms with van der Waals surface area (Å²) in [5, 5.41) is 7.37. The van der Waals surface area contributed by atoms with Crippen molar-refractivity contribution in [2.75, 3.05) is 20.2 Å². The molecule has 2 aromatic heterocycles. The lowest BCUT2D eigenvalue weighted by molar-refractivity contribution is 0.0705. The summed E-state index contributed by atoms with van der Waals surface area (Å²) in [6, 6.07) is 9.87. The van der Waals surface area contributed by atoms with E-state index in [0.717, 1.165) is 24.2 Å². The standard InChI is InChI=1S/C18H19N5O3/c1-25-18-19-14(11-26-18)17(24)23-9-7-13(8-10-23)16-20-15(21-22-16)12-5-3-2-4-6-12/h2-6,11,13H,7-10H2,1H3,(H,20,21,22). The van der Waals surface area contributed by atoms with Crippen LogP contribution < -0.4 is 4.74 Å². The summed E-state index contributed by atoms with van der Waals surface area (Å²) in [4.78, 5) is 22.9. The molecule has 3 heterocycles. The third-order valence-electron chi connectivity index (χ3n) is 4.58. The molecule has 0 bridgehead atoms. The molecular formula is C18H19N5O3. The molecule has 3 aromatic rings. The predicted molar refractivity (Wildman–Crippen MR) is 92.8 cm³/mol. The largest absolute Gasteiger partial charge is 0.454 e. The first-order chi connectivity index (χ1) is 12.7. The van der Waals surface area contributed by atoms with Crippen LogP contribution in [0.25, 0.3) is 11.4 Å². The monoisotopic (exact) mass is 353 g/mol. The van der Waals surface area contributed by atoms with Crippen LogP contribution in [0.2, 0.25) is 0 Å². The van der Waals surface area contributed by atoms with Crippen molar-refractivity contribution >= 4 is 5.91 Å². The number of hydrogen-bond acceptors (Lipinski definition) is 6. The number of H-pyrrole nitrogens is 1. The molecule has 0 radical (unpaired) electrons. The molecule has 134 valence electrons. The Morgan fingerprint density at radius 2 is 2.00 bits per heavy atom. The van der Waals surface area contributed by atoms with E-state index in [1.807, 2.05) is 30.3 Å². The maximum absolute atomic E-state index is 12.5. The van der Waals surface area contributed by atoms with Crippen LogP contribution in [-0.2, 0) is 0 Å². The Hall–Kier alpha value is -3.16. The summed E-state index contributed by atoms with van der Waals surface area (Å²) in [7, 11) is 1.45. The number of nitrogens with one attached hydrogen (secondary N) is 1. The Bertz CT molecular complexity index is 881. The summed E-state index contributed by atoms with van der Waals surface area (Å²) in [6.45, 7) is 1.28. The minimum absolute atomic E-state index is 0.0957. The fourth-order valence-corrected chi connectivity index (χ4v) is 3.14. The van der Waals surface area contributed by atoms with Gasteiger partial charge < -0.3 is 14.1 Å². The molecule has 1 fully saturated rings. The first-order valence-corrected chi connectivity index (χ1v) is 8.51. The first kappa shape index (κ1) is 16.3. The van der Waals surface area contributed by atoms with Gasteiger partial charge in [-0.15, -0.1) is 0 Å².